The van der Waals surface area contributed by atoms with E-state index in [1.54, 1.807) is 0 Å². The molecular formula is C13H19ClN2. The summed E-state index contributed by atoms with van der Waals surface area (Å²) in [5, 5.41) is 0. The number of hydrogen-bond acceptors (Lipinski definition) is 2. The molecule has 88 valence electrons. The van der Waals surface area contributed by atoms with Crippen molar-refractivity contribution in [3.05, 3.63) is 35.9 Å². The smallest absolute Gasteiger partial charge is 0.0892 e. The molecule has 0 aromatic heterocycles. The molecule has 1 heterocycles. The fourth-order valence-electron chi connectivity index (χ4n) is 2.04. The van der Waals surface area contributed by atoms with Crippen LogP contribution in [0, 0.1) is 0 Å². The Labute approximate surface area is 103 Å². The molecular weight excluding hydrogens is 220 g/mol. The van der Waals surface area contributed by atoms with E-state index in [-0.39, 0.29) is 5.50 Å². The molecule has 1 aliphatic heterocycles. The van der Waals surface area contributed by atoms with Gasteiger partial charge in [0.15, 0.2) is 0 Å². The van der Waals surface area contributed by atoms with Crippen LogP contribution in [0.4, 0.5) is 0 Å². The average Bonchev–Trinajstić information content (AvgIpc) is 2.31. The summed E-state index contributed by atoms with van der Waals surface area (Å²) in [6, 6.07) is 10.5. The number of likely N-dealkylation sites (N-methyl/N-ethyl adjacent to an activating group) is 1. The van der Waals surface area contributed by atoms with Crippen molar-refractivity contribution >= 4 is 11.6 Å². The van der Waals surface area contributed by atoms with E-state index in [0.717, 1.165) is 32.6 Å². The third-order valence-electron chi connectivity index (χ3n) is 3.18. The highest BCUT2D eigenvalue weighted by Gasteiger charge is 2.20. The Kier molecular flexibility index (Phi) is 4.22. The molecule has 0 amide bonds. The predicted octanol–water partition coefficient (Wildman–Crippen LogP) is 2.04. The van der Waals surface area contributed by atoms with E-state index in [2.05, 4.69) is 41.1 Å². The van der Waals surface area contributed by atoms with Crippen LogP contribution in [-0.2, 0) is 6.42 Å². The Morgan fingerprint density at radius 1 is 1.12 bits per heavy atom. The molecule has 0 N–H and O–H groups in total. The van der Waals surface area contributed by atoms with Crippen LogP contribution in [0.15, 0.2) is 30.3 Å². The Hall–Kier alpha value is -0.570. The van der Waals surface area contributed by atoms with Crippen LogP contribution in [0.25, 0.3) is 0 Å². The molecule has 16 heavy (non-hydrogen) atoms. The van der Waals surface area contributed by atoms with Gasteiger partial charge in [0.05, 0.1) is 5.50 Å². The molecule has 2 nitrogen and oxygen atoms in total. The summed E-state index contributed by atoms with van der Waals surface area (Å²) in [6.45, 7) is 4.41. The molecule has 1 fully saturated rings. The van der Waals surface area contributed by atoms with Crippen LogP contribution >= 0.6 is 11.6 Å². The SMILES string of the molecule is CN1CCN(C(Cl)Cc2ccccc2)CC1. The molecule has 0 saturated carbocycles. The van der Waals surface area contributed by atoms with Crippen LogP contribution in [0.1, 0.15) is 5.56 Å². The maximum atomic E-state index is 6.45. The minimum Gasteiger partial charge on any atom is -0.304 e. The molecule has 3 heteroatoms. The van der Waals surface area contributed by atoms with Gasteiger partial charge in [-0.2, -0.15) is 0 Å². The van der Waals surface area contributed by atoms with Crippen molar-refractivity contribution < 1.29 is 0 Å². The fourth-order valence-corrected chi connectivity index (χ4v) is 2.41. The Bertz CT molecular complexity index is 307. The van der Waals surface area contributed by atoms with E-state index in [1.807, 2.05) is 6.07 Å². The topological polar surface area (TPSA) is 6.48 Å². The van der Waals surface area contributed by atoms with E-state index in [1.165, 1.54) is 5.56 Å². The summed E-state index contributed by atoms with van der Waals surface area (Å²) >= 11 is 6.45. The first kappa shape index (κ1) is 11.9. The van der Waals surface area contributed by atoms with Gasteiger partial charge in [0.1, 0.15) is 0 Å². The minimum absolute atomic E-state index is 0.135. The van der Waals surface area contributed by atoms with Crippen molar-refractivity contribution in [2.24, 2.45) is 0 Å². The van der Waals surface area contributed by atoms with Crippen LogP contribution in [-0.4, -0.2) is 48.5 Å². The Morgan fingerprint density at radius 3 is 2.38 bits per heavy atom. The van der Waals surface area contributed by atoms with Gasteiger partial charge in [0.2, 0.25) is 0 Å². The second-order valence-corrected chi connectivity index (χ2v) is 4.97. The van der Waals surface area contributed by atoms with Gasteiger partial charge < -0.3 is 4.90 Å². The third-order valence-corrected chi connectivity index (χ3v) is 3.61. The van der Waals surface area contributed by atoms with Crippen molar-refractivity contribution in [2.45, 2.75) is 11.9 Å². The number of halogens is 1. The van der Waals surface area contributed by atoms with Gasteiger partial charge in [0, 0.05) is 32.6 Å². The number of hydrogen-bond donors (Lipinski definition) is 0. The maximum Gasteiger partial charge on any atom is 0.0892 e. The first-order chi connectivity index (χ1) is 7.75. The van der Waals surface area contributed by atoms with E-state index in [0.29, 0.717) is 0 Å². The zero-order valence-electron chi connectivity index (χ0n) is 9.77. The van der Waals surface area contributed by atoms with Gasteiger partial charge in [0.25, 0.3) is 0 Å². The van der Waals surface area contributed by atoms with Gasteiger partial charge in [-0.1, -0.05) is 30.3 Å². The van der Waals surface area contributed by atoms with E-state index >= 15 is 0 Å². The highest BCUT2D eigenvalue weighted by molar-refractivity contribution is 6.20. The van der Waals surface area contributed by atoms with Crippen molar-refractivity contribution in [3.8, 4) is 0 Å². The first-order valence-corrected chi connectivity index (χ1v) is 6.30. The highest BCUT2D eigenvalue weighted by Crippen LogP contribution is 2.14. The lowest BCUT2D eigenvalue weighted by molar-refractivity contribution is 0.141. The molecule has 0 bridgehead atoms. The molecule has 1 aliphatic rings. The number of benzene rings is 1. The summed E-state index contributed by atoms with van der Waals surface area (Å²) < 4.78 is 0. The lowest BCUT2D eigenvalue weighted by Gasteiger charge is -2.35. The zero-order chi connectivity index (χ0) is 11.4. The molecule has 0 radical (unpaired) electrons. The summed E-state index contributed by atoms with van der Waals surface area (Å²) in [6.07, 6.45) is 0.937. The van der Waals surface area contributed by atoms with E-state index in [4.69, 9.17) is 11.6 Å². The van der Waals surface area contributed by atoms with Crippen LogP contribution in [0.2, 0.25) is 0 Å². The molecule has 1 aromatic carbocycles. The summed E-state index contributed by atoms with van der Waals surface area (Å²) in [4.78, 5) is 4.72. The number of rotatable bonds is 3. The monoisotopic (exact) mass is 238 g/mol. The van der Waals surface area contributed by atoms with Crippen LogP contribution in [0.3, 0.4) is 0 Å². The van der Waals surface area contributed by atoms with Gasteiger partial charge >= 0.3 is 0 Å². The molecule has 1 saturated heterocycles. The summed E-state index contributed by atoms with van der Waals surface area (Å²) in [5.41, 5.74) is 1.46. The quantitative estimate of drug-likeness (QED) is 0.588. The van der Waals surface area contributed by atoms with E-state index in [9.17, 15) is 0 Å². The molecule has 0 aliphatic carbocycles. The number of alkyl halides is 1. The Balaban J connectivity index is 1.86. The third kappa shape index (κ3) is 3.21. The van der Waals surface area contributed by atoms with Crippen LogP contribution < -0.4 is 0 Å². The average molecular weight is 239 g/mol. The lowest BCUT2D eigenvalue weighted by Crippen LogP contribution is -2.47. The molecule has 0 spiro atoms. The maximum absolute atomic E-state index is 6.45. The summed E-state index contributed by atoms with van der Waals surface area (Å²) in [7, 11) is 2.16. The normalized spacial score (nSPS) is 20.9. The minimum atomic E-state index is 0.135. The van der Waals surface area contributed by atoms with Gasteiger partial charge in [-0.25, -0.2) is 0 Å². The van der Waals surface area contributed by atoms with Crippen LogP contribution in [0.5, 0.6) is 0 Å². The summed E-state index contributed by atoms with van der Waals surface area (Å²) in [5.74, 6) is 0. The standard InChI is InChI=1S/C13H19ClN2/c1-15-7-9-16(10-8-15)13(14)11-12-5-3-2-4-6-12/h2-6,13H,7-11H2,1H3. The van der Waals surface area contributed by atoms with Gasteiger partial charge in [-0.15, -0.1) is 11.6 Å². The lowest BCUT2D eigenvalue weighted by atomic mass is 10.1. The second-order valence-electron chi connectivity index (χ2n) is 4.46. The first-order valence-electron chi connectivity index (χ1n) is 5.86. The van der Waals surface area contributed by atoms with Crippen molar-refractivity contribution in [3.63, 3.8) is 0 Å². The van der Waals surface area contributed by atoms with Crippen molar-refractivity contribution in [1.82, 2.24) is 9.80 Å². The van der Waals surface area contributed by atoms with Gasteiger partial charge in [-0.05, 0) is 12.6 Å². The Morgan fingerprint density at radius 2 is 1.75 bits per heavy atom. The predicted molar refractivity (Wildman–Crippen MR) is 68.9 cm³/mol. The number of piperazine rings is 1. The largest absolute Gasteiger partial charge is 0.304 e. The molecule has 1 unspecified atom stereocenters. The second kappa shape index (κ2) is 5.67. The zero-order valence-corrected chi connectivity index (χ0v) is 10.5. The van der Waals surface area contributed by atoms with Crippen molar-refractivity contribution in [1.29, 1.82) is 0 Å². The van der Waals surface area contributed by atoms with Gasteiger partial charge in [-0.3, -0.25) is 4.90 Å². The van der Waals surface area contributed by atoms with Crippen molar-refractivity contribution in [2.75, 3.05) is 33.2 Å². The number of nitrogens with zero attached hydrogens (tertiary/aromatic N) is 2. The molecule has 1 aromatic rings. The molecule has 1 atom stereocenters. The fraction of sp³-hybridized carbons (Fsp3) is 0.538. The highest BCUT2D eigenvalue weighted by atomic mass is 35.5. The molecule has 2 rings (SSSR count). The van der Waals surface area contributed by atoms with E-state index < -0.39 is 0 Å².